The summed E-state index contributed by atoms with van der Waals surface area (Å²) in [6.07, 6.45) is 18.5. The van der Waals surface area contributed by atoms with E-state index in [1.807, 2.05) is 0 Å². The molecule has 1 rings (SSSR count). The van der Waals surface area contributed by atoms with Gasteiger partial charge in [-0.25, -0.2) is 4.57 Å². The van der Waals surface area contributed by atoms with E-state index < -0.39 is 0 Å². The molecular weight excluding hydrogens is 230 g/mol. The van der Waals surface area contributed by atoms with Crippen molar-refractivity contribution < 1.29 is 4.57 Å². The summed E-state index contributed by atoms with van der Waals surface area (Å²) < 4.78 is 2.30. The fourth-order valence-corrected chi connectivity index (χ4v) is 2.46. The van der Waals surface area contributed by atoms with E-state index in [9.17, 15) is 0 Å². The van der Waals surface area contributed by atoms with E-state index in [-0.39, 0.29) is 0 Å². The molecule has 1 aromatic heterocycles. The van der Waals surface area contributed by atoms with E-state index in [1.54, 1.807) is 0 Å². The zero-order chi connectivity index (χ0) is 13.8. The van der Waals surface area contributed by atoms with E-state index in [0.717, 1.165) is 0 Å². The van der Waals surface area contributed by atoms with Crippen molar-refractivity contribution in [3.05, 3.63) is 30.1 Å². The monoisotopic (exact) mass is 262 g/mol. The smallest absolute Gasteiger partial charge is 0.169 e. The predicted octanol–water partition coefficient (Wildman–Crippen LogP) is 5.20. The van der Waals surface area contributed by atoms with Gasteiger partial charge in [-0.3, -0.25) is 0 Å². The van der Waals surface area contributed by atoms with Crippen molar-refractivity contribution in [3.8, 4) is 0 Å². The van der Waals surface area contributed by atoms with Crippen molar-refractivity contribution in [1.29, 1.82) is 0 Å². The van der Waals surface area contributed by atoms with E-state index in [4.69, 9.17) is 0 Å². The van der Waals surface area contributed by atoms with Crippen LogP contribution in [0, 0.1) is 6.92 Å². The summed E-state index contributed by atoms with van der Waals surface area (Å²) in [5.41, 5.74) is 1.35. The molecule has 0 unspecified atom stereocenters. The second-order valence-electron chi connectivity index (χ2n) is 5.80. The van der Waals surface area contributed by atoms with Crippen LogP contribution >= 0.6 is 0 Å². The van der Waals surface area contributed by atoms with Crippen molar-refractivity contribution in [2.45, 2.75) is 84.6 Å². The van der Waals surface area contributed by atoms with Gasteiger partial charge in [0.25, 0.3) is 0 Å². The lowest BCUT2D eigenvalue weighted by molar-refractivity contribution is -0.697. The van der Waals surface area contributed by atoms with Gasteiger partial charge in [0.1, 0.15) is 6.54 Å². The molecule has 1 heteroatoms. The van der Waals surface area contributed by atoms with Crippen LogP contribution in [0.15, 0.2) is 24.5 Å². The number of aryl methyl sites for hydroxylation is 2. The Morgan fingerprint density at radius 2 is 1.21 bits per heavy atom. The van der Waals surface area contributed by atoms with Crippen LogP contribution in [0.25, 0.3) is 0 Å². The molecule has 1 nitrogen and oxygen atoms in total. The number of hydrogen-bond donors (Lipinski definition) is 0. The first kappa shape index (κ1) is 16.2. The molecule has 0 aromatic carbocycles. The molecule has 19 heavy (non-hydrogen) atoms. The Bertz CT molecular complexity index is 302. The number of unbranched alkanes of at least 4 members (excludes halogenated alkanes) is 9. The molecule has 1 heterocycles. The average Bonchev–Trinajstić information content (AvgIpc) is 2.43. The molecule has 0 aliphatic rings. The number of rotatable bonds is 11. The molecule has 0 atom stereocenters. The van der Waals surface area contributed by atoms with Crippen LogP contribution in [0.3, 0.4) is 0 Å². The quantitative estimate of drug-likeness (QED) is 0.381. The summed E-state index contributed by atoms with van der Waals surface area (Å²) in [6, 6.07) is 4.38. The molecule has 108 valence electrons. The summed E-state index contributed by atoms with van der Waals surface area (Å²) in [5, 5.41) is 0. The largest absolute Gasteiger partial charge is 0.205 e. The van der Waals surface area contributed by atoms with Crippen molar-refractivity contribution in [2.24, 2.45) is 0 Å². The van der Waals surface area contributed by atoms with Gasteiger partial charge in [0.2, 0.25) is 0 Å². The van der Waals surface area contributed by atoms with Gasteiger partial charge in [-0.1, -0.05) is 58.3 Å². The van der Waals surface area contributed by atoms with Crippen LogP contribution in [-0.2, 0) is 6.54 Å². The lowest BCUT2D eigenvalue weighted by atomic mass is 10.1. The van der Waals surface area contributed by atoms with Crippen molar-refractivity contribution in [3.63, 3.8) is 0 Å². The number of hydrogen-bond acceptors (Lipinski definition) is 0. The summed E-state index contributed by atoms with van der Waals surface area (Å²) in [4.78, 5) is 0. The predicted molar refractivity (Wildman–Crippen MR) is 83.2 cm³/mol. The second-order valence-corrected chi connectivity index (χ2v) is 5.80. The Morgan fingerprint density at radius 1 is 0.737 bits per heavy atom. The summed E-state index contributed by atoms with van der Waals surface area (Å²) in [7, 11) is 0. The minimum Gasteiger partial charge on any atom is -0.205 e. The van der Waals surface area contributed by atoms with Crippen molar-refractivity contribution >= 4 is 0 Å². The average molecular weight is 262 g/mol. The first-order valence-electron chi connectivity index (χ1n) is 8.28. The van der Waals surface area contributed by atoms with Crippen LogP contribution in [0.1, 0.15) is 76.7 Å². The van der Waals surface area contributed by atoms with Crippen LogP contribution in [0.4, 0.5) is 0 Å². The lowest BCUT2D eigenvalue weighted by Crippen LogP contribution is -2.32. The molecule has 0 amide bonds. The van der Waals surface area contributed by atoms with Gasteiger partial charge < -0.3 is 0 Å². The highest BCUT2D eigenvalue weighted by Crippen LogP contribution is 2.10. The first-order chi connectivity index (χ1) is 9.33. The lowest BCUT2D eigenvalue weighted by Gasteiger charge is -2.01. The molecular formula is C18H32N+. The topological polar surface area (TPSA) is 3.88 Å². The Kier molecular flexibility index (Phi) is 9.40. The van der Waals surface area contributed by atoms with Gasteiger partial charge in [-0.05, 0) is 18.9 Å². The van der Waals surface area contributed by atoms with Gasteiger partial charge in [0.15, 0.2) is 12.4 Å². The van der Waals surface area contributed by atoms with Gasteiger partial charge in [-0.15, -0.1) is 0 Å². The highest BCUT2D eigenvalue weighted by molar-refractivity contribution is 5.03. The molecule has 0 radical (unpaired) electrons. The SMILES string of the molecule is CCCCCCCCCCCC[n+]1ccc(C)cc1. The van der Waals surface area contributed by atoms with Crippen LogP contribution < -0.4 is 4.57 Å². The number of pyridine rings is 1. The number of nitrogens with zero attached hydrogens (tertiary/aromatic N) is 1. The zero-order valence-electron chi connectivity index (χ0n) is 13.0. The minimum atomic E-state index is 1.18. The Morgan fingerprint density at radius 3 is 1.74 bits per heavy atom. The molecule has 0 aliphatic carbocycles. The maximum Gasteiger partial charge on any atom is 0.169 e. The maximum atomic E-state index is 2.30. The maximum absolute atomic E-state index is 2.30. The highest BCUT2D eigenvalue weighted by atomic mass is 14.9. The third-order valence-electron chi connectivity index (χ3n) is 3.83. The van der Waals surface area contributed by atoms with Gasteiger partial charge in [0.05, 0.1) is 0 Å². The highest BCUT2D eigenvalue weighted by Gasteiger charge is 1.99. The molecule has 0 bridgehead atoms. The van der Waals surface area contributed by atoms with Gasteiger partial charge in [0, 0.05) is 18.6 Å². The third-order valence-corrected chi connectivity index (χ3v) is 3.83. The van der Waals surface area contributed by atoms with Crippen LogP contribution in [0.5, 0.6) is 0 Å². The van der Waals surface area contributed by atoms with Crippen molar-refractivity contribution in [2.75, 3.05) is 0 Å². The molecule has 0 spiro atoms. The Balaban J connectivity index is 1.87. The molecule has 1 aromatic rings. The standard InChI is InChI=1S/C18H32N/c1-3-4-5-6-7-8-9-10-11-12-15-19-16-13-18(2)14-17-19/h13-14,16-17H,3-12,15H2,1-2H3/q+1. The van der Waals surface area contributed by atoms with E-state index in [2.05, 4.69) is 42.9 Å². The Hall–Kier alpha value is -0.850. The fourth-order valence-electron chi connectivity index (χ4n) is 2.46. The summed E-state index contributed by atoms with van der Waals surface area (Å²) in [6.45, 7) is 5.60. The Labute approximate surface area is 120 Å². The van der Waals surface area contributed by atoms with Crippen LogP contribution in [0.2, 0.25) is 0 Å². The minimum absolute atomic E-state index is 1.18. The van der Waals surface area contributed by atoms with Gasteiger partial charge in [-0.2, -0.15) is 0 Å². The third kappa shape index (κ3) is 8.80. The fraction of sp³-hybridized carbons (Fsp3) is 0.722. The van der Waals surface area contributed by atoms with E-state index in [0.29, 0.717) is 0 Å². The van der Waals surface area contributed by atoms with Gasteiger partial charge >= 0.3 is 0 Å². The molecule has 0 aliphatic heterocycles. The van der Waals surface area contributed by atoms with E-state index >= 15 is 0 Å². The molecule has 0 saturated carbocycles. The zero-order valence-corrected chi connectivity index (χ0v) is 13.0. The number of aromatic nitrogens is 1. The molecule has 0 saturated heterocycles. The summed E-state index contributed by atoms with van der Waals surface area (Å²) >= 11 is 0. The van der Waals surface area contributed by atoms with Crippen LogP contribution in [-0.4, -0.2) is 0 Å². The first-order valence-corrected chi connectivity index (χ1v) is 8.28. The molecule has 0 fully saturated rings. The summed E-state index contributed by atoms with van der Waals surface area (Å²) in [5.74, 6) is 0. The normalized spacial score (nSPS) is 10.8. The second kappa shape index (κ2) is 11.0. The molecule has 0 N–H and O–H groups in total. The van der Waals surface area contributed by atoms with Crippen molar-refractivity contribution in [1.82, 2.24) is 0 Å². The van der Waals surface area contributed by atoms with E-state index in [1.165, 1.54) is 76.3 Å².